The van der Waals surface area contributed by atoms with Crippen molar-refractivity contribution in [2.75, 3.05) is 13.1 Å². The standard InChI is InChI=1S/C28H33N3O3/c1-18(2)31-20(4)19(3)24-10-5-21(15-26(24)31)17-30-13-11-28(12-14-30)16-25(29-34-28)22-6-8-23(9-7-22)27(32)33/h5-10,15,18H,11-14,16-17H2,1-4H3,(H,32,33). The Kier molecular flexibility index (Phi) is 5.72. The fraction of sp³-hybridized carbons (Fsp3) is 0.429. The zero-order valence-corrected chi connectivity index (χ0v) is 20.5. The van der Waals surface area contributed by atoms with E-state index in [4.69, 9.17) is 9.94 Å². The summed E-state index contributed by atoms with van der Waals surface area (Å²) in [6.07, 6.45) is 2.66. The van der Waals surface area contributed by atoms with E-state index in [1.807, 2.05) is 12.1 Å². The second-order valence-electron chi connectivity index (χ2n) is 10.2. The summed E-state index contributed by atoms with van der Waals surface area (Å²) in [4.78, 5) is 19.6. The Hall–Kier alpha value is -3.12. The lowest BCUT2D eigenvalue weighted by Crippen LogP contribution is -2.44. The van der Waals surface area contributed by atoms with Gasteiger partial charge < -0.3 is 14.5 Å². The van der Waals surface area contributed by atoms with E-state index in [0.717, 1.165) is 50.2 Å². The van der Waals surface area contributed by atoms with E-state index in [-0.39, 0.29) is 11.2 Å². The Labute approximate surface area is 200 Å². The van der Waals surface area contributed by atoms with Crippen molar-refractivity contribution in [3.05, 3.63) is 70.4 Å². The number of fused-ring (bicyclic) bond motifs is 1. The highest BCUT2D eigenvalue weighted by Crippen LogP contribution is 2.37. The fourth-order valence-electron chi connectivity index (χ4n) is 5.54. The molecule has 2 aliphatic heterocycles. The maximum atomic E-state index is 11.1. The van der Waals surface area contributed by atoms with Crippen molar-refractivity contribution in [3.8, 4) is 0 Å². The van der Waals surface area contributed by atoms with E-state index in [1.165, 1.54) is 27.7 Å². The Balaban J connectivity index is 1.23. The van der Waals surface area contributed by atoms with Gasteiger partial charge in [-0.05, 0) is 62.6 Å². The van der Waals surface area contributed by atoms with Crippen LogP contribution in [0, 0.1) is 13.8 Å². The van der Waals surface area contributed by atoms with Gasteiger partial charge in [-0.1, -0.05) is 29.4 Å². The van der Waals surface area contributed by atoms with Gasteiger partial charge in [0.2, 0.25) is 0 Å². The second kappa shape index (κ2) is 8.58. The third-order valence-corrected chi connectivity index (χ3v) is 7.62. The zero-order valence-electron chi connectivity index (χ0n) is 20.5. The molecule has 0 bridgehead atoms. The summed E-state index contributed by atoms with van der Waals surface area (Å²) in [5.74, 6) is -0.915. The molecule has 0 radical (unpaired) electrons. The summed E-state index contributed by atoms with van der Waals surface area (Å²) in [6.45, 7) is 11.8. The van der Waals surface area contributed by atoms with E-state index < -0.39 is 5.97 Å². The van der Waals surface area contributed by atoms with Gasteiger partial charge in [-0.25, -0.2) is 4.79 Å². The largest absolute Gasteiger partial charge is 0.478 e. The molecule has 178 valence electrons. The molecule has 34 heavy (non-hydrogen) atoms. The Morgan fingerprint density at radius 1 is 1.12 bits per heavy atom. The van der Waals surface area contributed by atoms with Crippen LogP contribution in [0.25, 0.3) is 10.9 Å². The highest BCUT2D eigenvalue weighted by molar-refractivity contribution is 6.02. The predicted octanol–water partition coefficient (Wildman–Crippen LogP) is 5.70. The van der Waals surface area contributed by atoms with Crippen LogP contribution in [-0.4, -0.2) is 44.9 Å². The Morgan fingerprint density at radius 2 is 1.82 bits per heavy atom. The lowest BCUT2D eigenvalue weighted by atomic mass is 9.85. The number of carbonyl (C=O) groups is 1. The third-order valence-electron chi connectivity index (χ3n) is 7.62. The molecule has 0 atom stereocenters. The summed E-state index contributed by atoms with van der Waals surface area (Å²) >= 11 is 0. The van der Waals surface area contributed by atoms with Gasteiger partial charge in [0.05, 0.1) is 11.3 Å². The van der Waals surface area contributed by atoms with E-state index in [2.05, 4.69) is 60.5 Å². The molecule has 3 aromatic rings. The minimum absolute atomic E-state index is 0.234. The first-order valence-corrected chi connectivity index (χ1v) is 12.2. The molecule has 1 spiro atoms. The molecule has 6 nitrogen and oxygen atoms in total. The molecule has 1 saturated heterocycles. The second-order valence-corrected chi connectivity index (χ2v) is 10.2. The molecule has 2 aliphatic rings. The van der Waals surface area contributed by atoms with E-state index >= 15 is 0 Å². The Bertz CT molecular complexity index is 1260. The number of hydrogen-bond donors (Lipinski definition) is 1. The first-order chi connectivity index (χ1) is 16.3. The minimum atomic E-state index is -0.915. The molecule has 5 rings (SSSR count). The van der Waals surface area contributed by atoms with Crippen LogP contribution in [0.1, 0.15) is 71.9 Å². The van der Waals surface area contributed by atoms with Crippen LogP contribution in [0.5, 0.6) is 0 Å². The van der Waals surface area contributed by atoms with Gasteiger partial charge in [-0.2, -0.15) is 0 Å². The van der Waals surface area contributed by atoms with Crippen LogP contribution in [0.2, 0.25) is 0 Å². The molecule has 0 saturated carbocycles. The van der Waals surface area contributed by atoms with Crippen LogP contribution in [0.3, 0.4) is 0 Å². The highest BCUT2D eigenvalue weighted by atomic mass is 16.7. The van der Waals surface area contributed by atoms with E-state index in [9.17, 15) is 4.79 Å². The van der Waals surface area contributed by atoms with Gasteiger partial charge in [-0.15, -0.1) is 0 Å². The molecule has 1 N–H and O–H groups in total. The molecular weight excluding hydrogens is 426 g/mol. The number of rotatable bonds is 5. The minimum Gasteiger partial charge on any atom is -0.478 e. The smallest absolute Gasteiger partial charge is 0.335 e. The zero-order chi connectivity index (χ0) is 24.0. The number of aromatic carboxylic acids is 1. The van der Waals surface area contributed by atoms with Gasteiger partial charge in [0, 0.05) is 61.5 Å². The summed E-state index contributed by atoms with van der Waals surface area (Å²) in [7, 11) is 0. The number of likely N-dealkylation sites (tertiary alicyclic amines) is 1. The lowest BCUT2D eigenvalue weighted by molar-refractivity contribution is -0.0626. The molecule has 0 unspecified atom stereocenters. The maximum absolute atomic E-state index is 11.1. The maximum Gasteiger partial charge on any atom is 0.335 e. The lowest BCUT2D eigenvalue weighted by Gasteiger charge is -2.37. The average Bonchev–Trinajstić information content (AvgIpc) is 3.34. The number of aromatic nitrogens is 1. The number of aryl methyl sites for hydroxylation is 1. The van der Waals surface area contributed by atoms with Crippen molar-refractivity contribution in [1.82, 2.24) is 9.47 Å². The average molecular weight is 460 g/mol. The Morgan fingerprint density at radius 3 is 2.47 bits per heavy atom. The molecule has 0 aliphatic carbocycles. The molecule has 0 amide bonds. The van der Waals surface area contributed by atoms with Gasteiger partial charge >= 0.3 is 5.97 Å². The van der Waals surface area contributed by atoms with Crippen molar-refractivity contribution in [2.24, 2.45) is 5.16 Å². The quantitative estimate of drug-likeness (QED) is 0.532. The molecule has 1 aromatic heterocycles. The van der Waals surface area contributed by atoms with Crippen molar-refractivity contribution >= 4 is 22.6 Å². The van der Waals surface area contributed by atoms with Crippen LogP contribution in [-0.2, 0) is 11.4 Å². The fourth-order valence-corrected chi connectivity index (χ4v) is 5.54. The van der Waals surface area contributed by atoms with Gasteiger partial charge in [0.15, 0.2) is 0 Å². The number of hydrogen-bond acceptors (Lipinski definition) is 4. The highest BCUT2D eigenvalue weighted by Gasteiger charge is 2.42. The van der Waals surface area contributed by atoms with Gasteiger partial charge in [0.25, 0.3) is 0 Å². The number of piperidine rings is 1. The molecule has 2 aromatic carbocycles. The first kappa shape index (κ1) is 22.7. The monoisotopic (exact) mass is 459 g/mol. The van der Waals surface area contributed by atoms with Crippen molar-refractivity contribution in [3.63, 3.8) is 0 Å². The van der Waals surface area contributed by atoms with Gasteiger partial charge in [0.1, 0.15) is 5.60 Å². The summed E-state index contributed by atoms with van der Waals surface area (Å²) in [5, 5.41) is 14.9. The topological polar surface area (TPSA) is 67.1 Å². The van der Waals surface area contributed by atoms with Crippen LogP contribution < -0.4 is 0 Å². The number of carboxylic acids is 1. The van der Waals surface area contributed by atoms with Crippen molar-refractivity contribution in [2.45, 2.75) is 65.1 Å². The third kappa shape index (κ3) is 4.00. The molecule has 3 heterocycles. The SMILES string of the molecule is Cc1c(C)n(C(C)C)c2cc(CN3CCC4(CC3)CC(c3ccc(C(=O)O)cc3)=NO4)ccc12. The number of benzene rings is 2. The van der Waals surface area contributed by atoms with E-state index in [0.29, 0.717) is 6.04 Å². The number of nitrogens with zero attached hydrogens (tertiary/aromatic N) is 3. The number of carboxylic acid groups (broad SMARTS) is 1. The summed E-state index contributed by atoms with van der Waals surface area (Å²) in [6, 6.07) is 14.3. The number of oxime groups is 1. The summed E-state index contributed by atoms with van der Waals surface area (Å²) < 4.78 is 2.45. The first-order valence-electron chi connectivity index (χ1n) is 12.2. The van der Waals surface area contributed by atoms with Crippen molar-refractivity contribution in [1.29, 1.82) is 0 Å². The van der Waals surface area contributed by atoms with Crippen molar-refractivity contribution < 1.29 is 14.7 Å². The van der Waals surface area contributed by atoms with Crippen LogP contribution >= 0.6 is 0 Å². The predicted molar refractivity (Wildman–Crippen MR) is 135 cm³/mol. The molecule has 6 heteroatoms. The molecular formula is C28H33N3O3. The van der Waals surface area contributed by atoms with Crippen LogP contribution in [0.4, 0.5) is 0 Å². The van der Waals surface area contributed by atoms with Gasteiger partial charge in [-0.3, -0.25) is 4.90 Å². The van der Waals surface area contributed by atoms with E-state index in [1.54, 1.807) is 12.1 Å². The van der Waals surface area contributed by atoms with Crippen LogP contribution in [0.15, 0.2) is 47.6 Å². The normalized spacial score (nSPS) is 18.0. The summed E-state index contributed by atoms with van der Waals surface area (Å²) in [5.41, 5.74) is 7.33. The molecule has 1 fully saturated rings.